The van der Waals surface area contributed by atoms with Gasteiger partial charge in [-0.05, 0) is 23.1 Å². The van der Waals surface area contributed by atoms with E-state index >= 15 is 0 Å². The summed E-state index contributed by atoms with van der Waals surface area (Å²) in [7, 11) is 0. The average molecular weight is 184 g/mol. The summed E-state index contributed by atoms with van der Waals surface area (Å²) in [6.07, 6.45) is 5.37. The van der Waals surface area contributed by atoms with Crippen LogP contribution in [0.4, 0.5) is 0 Å². The zero-order valence-corrected chi connectivity index (χ0v) is 7.85. The van der Waals surface area contributed by atoms with Crippen LogP contribution in [0.2, 0.25) is 0 Å². The standard InChI is InChI=1S/C12H12N2/c1-2-12(13)10-3-4-11-8-14-6-5-9(11)7-10/h2-8,12H,1,13H2/t12-/m1/s1. The minimum absolute atomic E-state index is 0.0902. The van der Waals surface area contributed by atoms with Gasteiger partial charge < -0.3 is 5.73 Å². The topological polar surface area (TPSA) is 38.9 Å². The van der Waals surface area contributed by atoms with Crippen molar-refractivity contribution >= 4 is 10.8 Å². The highest BCUT2D eigenvalue weighted by Gasteiger charge is 2.01. The van der Waals surface area contributed by atoms with Gasteiger partial charge in [0.25, 0.3) is 0 Å². The molecule has 1 heterocycles. The highest BCUT2D eigenvalue weighted by atomic mass is 14.6. The zero-order valence-electron chi connectivity index (χ0n) is 7.85. The molecule has 0 saturated carbocycles. The number of nitrogens with two attached hydrogens (primary N) is 1. The molecule has 0 aliphatic rings. The van der Waals surface area contributed by atoms with E-state index in [0.29, 0.717) is 0 Å². The van der Waals surface area contributed by atoms with Crippen molar-refractivity contribution in [2.75, 3.05) is 0 Å². The number of aromatic nitrogens is 1. The highest BCUT2D eigenvalue weighted by Crippen LogP contribution is 2.18. The van der Waals surface area contributed by atoms with E-state index in [-0.39, 0.29) is 6.04 Å². The van der Waals surface area contributed by atoms with Crippen LogP contribution in [0.1, 0.15) is 11.6 Å². The molecule has 0 aliphatic heterocycles. The first-order valence-corrected chi connectivity index (χ1v) is 4.53. The molecule has 2 heteroatoms. The van der Waals surface area contributed by atoms with Crippen molar-refractivity contribution in [1.29, 1.82) is 0 Å². The monoisotopic (exact) mass is 184 g/mol. The molecule has 2 aromatic rings. The molecule has 0 spiro atoms. The minimum atomic E-state index is -0.0902. The number of rotatable bonds is 2. The van der Waals surface area contributed by atoms with Crippen molar-refractivity contribution < 1.29 is 0 Å². The van der Waals surface area contributed by atoms with Crippen LogP contribution in [0.25, 0.3) is 10.8 Å². The van der Waals surface area contributed by atoms with Gasteiger partial charge in [0.1, 0.15) is 0 Å². The Bertz CT molecular complexity index is 463. The molecule has 2 N–H and O–H groups in total. The van der Waals surface area contributed by atoms with E-state index in [1.807, 2.05) is 24.4 Å². The van der Waals surface area contributed by atoms with Gasteiger partial charge in [0.15, 0.2) is 0 Å². The van der Waals surface area contributed by atoms with Crippen LogP contribution in [-0.2, 0) is 0 Å². The van der Waals surface area contributed by atoms with Crippen molar-refractivity contribution in [3.05, 3.63) is 54.9 Å². The van der Waals surface area contributed by atoms with E-state index in [4.69, 9.17) is 5.73 Å². The molecule has 1 aromatic carbocycles. The second-order valence-electron chi connectivity index (χ2n) is 3.24. The van der Waals surface area contributed by atoms with Crippen molar-refractivity contribution in [2.45, 2.75) is 6.04 Å². The fourth-order valence-electron chi connectivity index (χ4n) is 1.45. The molecule has 70 valence electrons. The van der Waals surface area contributed by atoms with E-state index in [1.165, 1.54) is 0 Å². The molecule has 2 nitrogen and oxygen atoms in total. The Balaban J connectivity index is 2.56. The van der Waals surface area contributed by atoms with E-state index in [0.717, 1.165) is 16.3 Å². The summed E-state index contributed by atoms with van der Waals surface area (Å²) in [4.78, 5) is 4.06. The first-order chi connectivity index (χ1) is 6.81. The van der Waals surface area contributed by atoms with E-state index < -0.39 is 0 Å². The Labute approximate surface area is 83.1 Å². The molecular formula is C12H12N2. The normalized spacial score (nSPS) is 12.6. The lowest BCUT2D eigenvalue weighted by molar-refractivity contribution is 0.917. The average Bonchev–Trinajstić information content (AvgIpc) is 2.27. The highest BCUT2D eigenvalue weighted by molar-refractivity contribution is 5.82. The first-order valence-electron chi connectivity index (χ1n) is 4.53. The molecule has 1 aromatic heterocycles. The Kier molecular flexibility index (Phi) is 2.29. The van der Waals surface area contributed by atoms with E-state index in [2.05, 4.69) is 17.6 Å². The summed E-state index contributed by atoms with van der Waals surface area (Å²) in [5.41, 5.74) is 6.93. The van der Waals surface area contributed by atoms with Crippen LogP contribution >= 0.6 is 0 Å². The summed E-state index contributed by atoms with van der Waals surface area (Å²) in [6.45, 7) is 3.68. The number of benzene rings is 1. The van der Waals surface area contributed by atoms with Crippen molar-refractivity contribution in [3.8, 4) is 0 Å². The summed E-state index contributed by atoms with van der Waals surface area (Å²) in [6, 6.07) is 8.00. The summed E-state index contributed by atoms with van der Waals surface area (Å²) >= 11 is 0. The zero-order chi connectivity index (χ0) is 9.97. The van der Waals surface area contributed by atoms with Crippen LogP contribution in [0.5, 0.6) is 0 Å². The maximum Gasteiger partial charge on any atom is 0.0478 e. The SMILES string of the molecule is C=C[C@@H](N)c1ccc2cnccc2c1. The van der Waals surface area contributed by atoms with Gasteiger partial charge in [0, 0.05) is 23.8 Å². The molecular weight excluding hydrogens is 172 g/mol. The number of pyridine rings is 1. The molecule has 0 saturated heterocycles. The summed E-state index contributed by atoms with van der Waals surface area (Å²) in [5.74, 6) is 0. The molecule has 0 fully saturated rings. The largest absolute Gasteiger partial charge is 0.321 e. The van der Waals surface area contributed by atoms with Crippen LogP contribution in [0.3, 0.4) is 0 Å². The smallest absolute Gasteiger partial charge is 0.0478 e. The summed E-state index contributed by atoms with van der Waals surface area (Å²) < 4.78 is 0. The van der Waals surface area contributed by atoms with Gasteiger partial charge in [-0.2, -0.15) is 0 Å². The van der Waals surface area contributed by atoms with E-state index in [9.17, 15) is 0 Å². The molecule has 14 heavy (non-hydrogen) atoms. The van der Waals surface area contributed by atoms with Crippen LogP contribution in [-0.4, -0.2) is 4.98 Å². The Hall–Kier alpha value is -1.67. The molecule has 2 rings (SSSR count). The maximum atomic E-state index is 5.85. The molecule has 0 bridgehead atoms. The number of nitrogens with zero attached hydrogens (tertiary/aromatic N) is 1. The van der Waals surface area contributed by atoms with Crippen molar-refractivity contribution in [2.24, 2.45) is 5.73 Å². The van der Waals surface area contributed by atoms with Crippen LogP contribution in [0.15, 0.2) is 49.3 Å². The van der Waals surface area contributed by atoms with Gasteiger partial charge in [-0.1, -0.05) is 18.2 Å². The van der Waals surface area contributed by atoms with Gasteiger partial charge in [-0.15, -0.1) is 6.58 Å². The molecule has 0 unspecified atom stereocenters. The Morgan fingerprint density at radius 3 is 2.93 bits per heavy atom. The number of hydrogen-bond acceptors (Lipinski definition) is 2. The second kappa shape index (κ2) is 3.60. The van der Waals surface area contributed by atoms with Crippen LogP contribution < -0.4 is 5.73 Å². The fourth-order valence-corrected chi connectivity index (χ4v) is 1.45. The van der Waals surface area contributed by atoms with Crippen LogP contribution in [0, 0.1) is 0 Å². The Morgan fingerprint density at radius 2 is 2.14 bits per heavy atom. The predicted molar refractivity (Wildman–Crippen MR) is 58.9 cm³/mol. The number of fused-ring (bicyclic) bond motifs is 1. The fraction of sp³-hybridized carbons (Fsp3) is 0.0833. The third-order valence-corrected chi connectivity index (χ3v) is 2.30. The van der Waals surface area contributed by atoms with Gasteiger partial charge in [-0.25, -0.2) is 0 Å². The van der Waals surface area contributed by atoms with Gasteiger partial charge in [0.2, 0.25) is 0 Å². The maximum absolute atomic E-state index is 5.85. The Morgan fingerprint density at radius 1 is 1.29 bits per heavy atom. The second-order valence-corrected chi connectivity index (χ2v) is 3.24. The number of hydrogen-bond donors (Lipinski definition) is 1. The molecule has 0 aliphatic carbocycles. The van der Waals surface area contributed by atoms with Gasteiger partial charge in [-0.3, -0.25) is 4.98 Å². The molecule has 1 atom stereocenters. The van der Waals surface area contributed by atoms with Gasteiger partial charge in [0.05, 0.1) is 0 Å². The quantitative estimate of drug-likeness (QED) is 0.728. The minimum Gasteiger partial charge on any atom is -0.321 e. The third-order valence-electron chi connectivity index (χ3n) is 2.30. The first kappa shape index (κ1) is 8.91. The lowest BCUT2D eigenvalue weighted by atomic mass is 10.0. The molecule has 0 amide bonds. The van der Waals surface area contributed by atoms with Gasteiger partial charge >= 0.3 is 0 Å². The third kappa shape index (κ3) is 1.52. The predicted octanol–water partition coefficient (Wildman–Crippen LogP) is 2.42. The lowest BCUT2D eigenvalue weighted by Gasteiger charge is -2.07. The van der Waals surface area contributed by atoms with E-state index in [1.54, 1.807) is 12.3 Å². The molecule has 0 radical (unpaired) electrons. The lowest BCUT2D eigenvalue weighted by Crippen LogP contribution is -2.05. The van der Waals surface area contributed by atoms with Crippen molar-refractivity contribution in [3.63, 3.8) is 0 Å². The summed E-state index contributed by atoms with van der Waals surface area (Å²) in [5, 5.41) is 2.29. The van der Waals surface area contributed by atoms with Crippen molar-refractivity contribution in [1.82, 2.24) is 4.98 Å².